The number of carbonyl (C=O) groups excluding carboxylic acids is 2. The summed E-state index contributed by atoms with van der Waals surface area (Å²) >= 11 is 0. The maximum Gasteiger partial charge on any atom is 0.261 e. The molecule has 0 radical (unpaired) electrons. The van der Waals surface area contributed by atoms with Gasteiger partial charge in [0.1, 0.15) is 12.6 Å². The molecule has 0 spiro atoms. The van der Waals surface area contributed by atoms with E-state index < -0.39 is 17.5 Å². The van der Waals surface area contributed by atoms with Gasteiger partial charge in [-0.3, -0.25) is 19.0 Å². The quantitative estimate of drug-likeness (QED) is 0.472. The number of hydrogen-bond donors (Lipinski definition) is 2. The van der Waals surface area contributed by atoms with Crippen molar-refractivity contribution < 1.29 is 19.1 Å². The fourth-order valence-corrected chi connectivity index (χ4v) is 3.59. The summed E-state index contributed by atoms with van der Waals surface area (Å²) in [7, 11) is 2.97. The molecule has 0 aliphatic heterocycles. The van der Waals surface area contributed by atoms with Crippen molar-refractivity contribution in [3.63, 3.8) is 0 Å². The zero-order chi connectivity index (χ0) is 24.7. The van der Waals surface area contributed by atoms with Crippen molar-refractivity contribution >= 4 is 22.7 Å². The number of benzene rings is 2. The van der Waals surface area contributed by atoms with E-state index in [9.17, 15) is 14.4 Å². The average Bonchev–Trinajstić information content (AvgIpc) is 2.84. The van der Waals surface area contributed by atoms with Gasteiger partial charge in [-0.25, -0.2) is 4.98 Å². The van der Waals surface area contributed by atoms with Crippen LogP contribution < -0.4 is 25.7 Å². The molecule has 2 aromatic carbocycles. The van der Waals surface area contributed by atoms with Gasteiger partial charge in [0, 0.05) is 12.6 Å². The van der Waals surface area contributed by atoms with Crippen molar-refractivity contribution in [2.45, 2.75) is 32.9 Å². The van der Waals surface area contributed by atoms with E-state index in [1.54, 1.807) is 6.07 Å². The molecular formula is C25H30N4O5. The van der Waals surface area contributed by atoms with E-state index >= 15 is 0 Å². The van der Waals surface area contributed by atoms with Crippen LogP contribution in [0, 0.1) is 5.92 Å². The van der Waals surface area contributed by atoms with Gasteiger partial charge in [-0.2, -0.15) is 0 Å². The molecule has 0 bridgehead atoms. The first kappa shape index (κ1) is 24.8. The van der Waals surface area contributed by atoms with Crippen molar-refractivity contribution in [3.8, 4) is 11.5 Å². The van der Waals surface area contributed by atoms with Gasteiger partial charge in [-0.05, 0) is 24.0 Å². The van der Waals surface area contributed by atoms with E-state index in [0.717, 1.165) is 5.56 Å². The zero-order valence-corrected chi connectivity index (χ0v) is 19.8. The van der Waals surface area contributed by atoms with Crippen LogP contribution in [0.4, 0.5) is 0 Å². The van der Waals surface area contributed by atoms with E-state index in [-0.39, 0.29) is 18.4 Å². The van der Waals surface area contributed by atoms with Crippen molar-refractivity contribution in [1.29, 1.82) is 0 Å². The number of nitrogens with zero attached hydrogens (tertiary/aromatic N) is 2. The number of fused-ring (bicyclic) bond motifs is 1. The molecule has 180 valence electrons. The van der Waals surface area contributed by atoms with Gasteiger partial charge in [0.2, 0.25) is 11.8 Å². The molecular weight excluding hydrogens is 436 g/mol. The Bertz CT molecular complexity index is 1210. The molecule has 3 rings (SSSR count). The highest BCUT2D eigenvalue weighted by Gasteiger charge is 2.24. The highest BCUT2D eigenvalue weighted by molar-refractivity contribution is 5.88. The molecule has 0 saturated carbocycles. The highest BCUT2D eigenvalue weighted by Crippen LogP contribution is 2.29. The van der Waals surface area contributed by atoms with E-state index in [1.807, 2.05) is 44.2 Å². The number of aromatic nitrogens is 2. The summed E-state index contributed by atoms with van der Waals surface area (Å²) in [4.78, 5) is 42.6. The topological polar surface area (TPSA) is 112 Å². The Kier molecular flexibility index (Phi) is 8.24. The number of rotatable bonds is 10. The van der Waals surface area contributed by atoms with E-state index in [1.165, 1.54) is 31.2 Å². The molecule has 1 aromatic heterocycles. The molecule has 9 nitrogen and oxygen atoms in total. The minimum absolute atomic E-state index is 0.135. The Hall–Kier alpha value is -3.88. The largest absolute Gasteiger partial charge is 0.493 e. The van der Waals surface area contributed by atoms with Crippen LogP contribution in [0.5, 0.6) is 11.5 Å². The monoisotopic (exact) mass is 466 g/mol. The van der Waals surface area contributed by atoms with Crippen LogP contribution in [-0.4, -0.2) is 48.2 Å². The first-order valence-electron chi connectivity index (χ1n) is 11.1. The third kappa shape index (κ3) is 5.92. The summed E-state index contributed by atoms with van der Waals surface area (Å²) in [6.45, 7) is 3.90. The van der Waals surface area contributed by atoms with Crippen molar-refractivity contribution in [1.82, 2.24) is 20.2 Å². The molecule has 1 atom stereocenters. The van der Waals surface area contributed by atoms with Crippen LogP contribution in [0.2, 0.25) is 0 Å². The normalized spacial score (nSPS) is 11.8. The predicted molar refractivity (Wildman–Crippen MR) is 129 cm³/mol. The van der Waals surface area contributed by atoms with Crippen LogP contribution in [0.15, 0.2) is 53.6 Å². The Balaban J connectivity index is 1.67. The van der Waals surface area contributed by atoms with Gasteiger partial charge in [0.15, 0.2) is 11.5 Å². The van der Waals surface area contributed by atoms with Gasteiger partial charge in [-0.15, -0.1) is 0 Å². The molecule has 2 amide bonds. The maximum absolute atomic E-state index is 12.9. The molecule has 0 aliphatic rings. The van der Waals surface area contributed by atoms with E-state index in [0.29, 0.717) is 35.4 Å². The number of hydrogen-bond acceptors (Lipinski definition) is 6. The molecule has 9 heteroatoms. The minimum Gasteiger partial charge on any atom is -0.493 e. The third-order valence-corrected chi connectivity index (χ3v) is 5.46. The molecule has 3 aromatic rings. The minimum atomic E-state index is -0.725. The van der Waals surface area contributed by atoms with E-state index in [2.05, 4.69) is 15.6 Å². The second-order valence-electron chi connectivity index (χ2n) is 8.22. The van der Waals surface area contributed by atoms with Crippen LogP contribution in [0.1, 0.15) is 19.4 Å². The number of amides is 2. The van der Waals surface area contributed by atoms with Gasteiger partial charge >= 0.3 is 0 Å². The molecule has 0 aliphatic carbocycles. The third-order valence-electron chi connectivity index (χ3n) is 5.46. The number of nitrogens with one attached hydrogen (secondary N) is 2. The van der Waals surface area contributed by atoms with Crippen molar-refractivity contribution in [2.24, 2.45) is 5.92 Å². The van der Waals surface area contributed by atoms with Gasteiger partial charge < -0.3 is 20.1 Å². The molecule has 34 heavy (non-hydrogen) atoms. The van der Waals surface area contributed by atoms with Crippen LogP contribution in [0.3, 0.4) is 0 Å². The lowest BCUT2D eigenvalue weighted by molar-refractivity contribution is -0.130. The second kappa shape index (κ2) is 11.3. The lowest BCUT2D eigenvalue weighted by Crippen LogP contribution is -2.51. The summed E-state index contributed by atoms with van der Waals surface area (Å²) in [6.07, 6.45) is 2.00. The lowest BCUT2D eigenvalue weighted by atomic mass is 10.0. The Morgan fingerprint density at radius 2 is 1.74 bits per heavy atom. The summed E-state index contributed by atoms with van der Waals surface area (Å²) in [5.74, 6) is -0.0109. The Morgan fingerprint density at radius 3 is 2.38 bits per heavy atom. The first-order valence-corrected chi connectivity index (χ1v) is 11.1. The summed E-state index contributed by atoms with van der Waals surface area (Å²) in [5, 5.41) is 5.93. The molecule has 0 unspecified atom stereocenters. The van der Waals surface area contributed by atoms with Crippen molar-refractivity contribution in [2.75, 3.05) is 20.8 Å². The Morgan fingerprint density at radius 1 is 1.06 bits per heavy atom. The van der Waals surface area contributed by atoms with Gasteiger partial charge in [0.25, 0.3) is 5.56 Å². The maximum atomic E-state index is 12.9. The summed E-state index contributed by atoms with van der Waals surface area (Å²) in [5.41, 5.74) is 1.15. The lowest BCUT2D eigenvalue weighted by Gasteiger charge is -2.22. The first-order chi connectivity index (χ1) is 16.3. The zero-order valence-electron chi connectivity index (χ0n) is 19.8. The predicted octanol–water partition coefficient (Wildman–Crippen LogP) is 1.91. The fraction of sp³-hybridized carbons (Fsp3) is 0.360. The number of ether oxygens (including phenoxy) is 2. The second-order valence-corrected chi connectivity index (χ2v) is 8.22. The SMILES string of the molecule is COc1cc2ncn(CC(=O)N[C@@H](C(=O)NCCc3ccccc3)C(C)C)c(=O)c2cc1OC. The molecule has 0 fully saturated rings. The van der Waals surface area contributed by atoms with Crippen LogP contribution >= 0.6 is 0 Å². The van der Waals surface area contributed by atoms with Gasteiger partial charge in [0.05, 0.1) is 31.4 Å². The van der Waals surface area contributed by atoms with Gasteiger partial charge in [-0.1, -0.05) is 44.2 Å². The molecule has 2 N–H and O–H groups in total. The average molecular weight is 467 g/mol. The number of carbonyl (C=O) groups is 2. The fourth-order valence-electron chi connectivity index (χ4n) is 3.59. The van der Waals surface area contributed by atoms with Crippen LogP contribution in [0.25, 0.3) is 10.9 Å². The molecule has 0 saturated heterocycles. The van der Waals surface area contributed by atoms with Crippen molar-refractivity contribution in [3.05, 3.63) is 64.7 Å². The number of methoxy groups -OCH3 is 2. The standard InChI is InChI=1S/C25H30N4O5/c1-16(2)23(24(31)26-11-10-17-8-6-5-7-9-17)28-22(30)14-29-15-27-19-13-21(34-4)20(33-3)12-18(19)25(29)32/h5-9,12-13,15-16,23H,10-11,14H2,1-4H3,(H,26,31)(H,28,30)/t23-/m1/s1. The smallest absolute Gasteiger partial charge is 0.261 e. The van der Waals surface area contributed by atoms with E-state index in [4.69, 9.17) is 9.47 Å². The molecule has 1 heterocycles. The Labute approximate surface area is 198 Å². The highest BCUT2D eigenvalue weighted by atomic mass is 16.5. The van der Waals surface area contributed by atoms with Crippen LogP contribution in [-0.2, 0) is 22.6 Å². The summed E-state index contributed by atoms with van der Waals surface area (Å²) in [6, 6.07) is 12.2. The summed E-state index contributed by atoms with van der Waals surface area (Å²) < 4.78 is 11.7.